The van der Waals surface area contributed by atoms with Gasteiger partial charge in [-0.25, -0.2) is 13.4 Å². The molecule has 0 unspecified atom stereocenters. The monoisotopic (exact) mass is 599 g/mol. The summed E-state index contributed by atoms with van der Waals surface area (Å²) >= 11 is 2.55. The van der Waals surface area contributed by atoms with Crippen LogP contribution >= 0.6 is 23.1 Å². The number of aryl methyl sites for hydroxylation is 1. The van der Waals surface area contributed by atoms with E-state index in [1.165, 1.54) is 51.7 Å². The first-order valence-electron chi connectivity index (χ1n) is 12.4. The number of benzene rings is 2. The van der Waals surface area contributed by atoms with Crippen molar-refractivity contribution in [1.82, 2.24) is 29.4 Å². The molecule has 11 nitrogen and oxygen atoms in total. The van der Waals surface area contributed by atoms with Gasteiger partial charge in [-0.2, -0.15) is 4.31 Å². The quantitative estimate of drug-likeness (QED) is 0.235. The average Bonchev–Trinajstić information content (AvgIpc) is 3.61. The zero-order chi connectivity index (χ0) is 28.7. The maximum absolute atomic E-state index is 12.9. The molecule has 0 bridgehead atoms. The van der Waals surface area contributed by atoms with Gasteiger partial charge in [0.25, 0.3) is 5.91 Å². The fourth-order valence-electron chi connectivity index (χ4n) is 3.86. The maximum Gasteiger partial charge on any atom is 0.251 e. The number of sulfonamides is 1. The lowest BCUT2D eigenvalue weighted by molar-refractivity contribution is -0.113. The molecule has 0 fully saturated rings. The smallest absolute Gasteiger partial charge is 0.251 e. The van der Waals surface area contributed by atoms with Crippen molar-refractivity contribution in [2.24, 2.45) is 0 Å². The fourth-order valence-corrected chi connectivity index (χ4v) is 6.63. The van der Waals surface area contributed by atoms with Gasteiger partial charge in [0.15, 0.2) is 16.1 Å². The molecule has 2 heterocycles. The molecule has 2 N–H and O–H groups in total. The van der Waals surface area contributed by atoms with Crippen molar-refractivity contribution in [1.29, 1.82) is 0 Å². The number of hydrogen-bond donors (Lipinski definition) is 2. The van der Waals surface area contributed by atoms with Crippen molar-refractivity contribution < 1.29 is 18.0 Å². The zero-order valence-corrected chi connectivity index (χ0v) is 24.6. The Labute approximate surface area is 241 Å². The van der Waals surface area contributed by atoms with Crippen LogP contribution in [0.25, 0.3) is 5.69 Å². The van der Waals surface area contributed by atoms with E-state index in [0.29, 0.717) is 34.8 Å². The highest BCUT2D eigenvalue weighted by Crippen LogP contribution is 2.24. The van der Waals surface area contributed by atoms with E-state index in [-0.39, 0.29) is 29.0 Å². The van der Waals surface area contributed by atoms with Gasteiger partial charge in [-0.3, -0.25) is 14.2 Å². The molecular formula is C26H29N7O4S3. The van der Waals surface area contributed by atoms with E-state index in [9.17, 15) is 18.0 Å². The van der Waals surface area contributed by atoms with E-state index in [1.54, 1.807) is 30.0 Å². The molecule has 2 aromatic carbocycles. The van der Waals surface area contributed by atoms with Crippen molar-refractivity contribution in [3.05, 3.63) is 77.1 Å². The first-order chi connectivity index (χ1) is 19.2. The molecule has 0 atom stereocenters. The lowest BCUT2D eigenvalue weighted by Crippen LogP contribution is -2.30. The van der Waals surface area contributed by atoms with E-state index < -0.39 is 10.0 Å². The third-order valence-electron chi connectivity index (χ3n) is 5.84. The number of nitrogens with one attached hydrogen (secondary N) is 2. The Bertz CT molecular complexity index is 1570. The Hall–Kier alpha value is -3.59. The minimum Gasteiger partial charge on any atom is -0.345 e. The summed E-state index contributed by atoms with van der Waals surface area (Å²) in [5.74, 6) is -0.0382. The zero-order valence-electron chi connectivity index (χ0n) is 22.2. The molecule has 0 aliphatic rings. The first-order valence-corrected chi connectivity index (χ1v) is 15.7. The van der Waals surface area contributed by atoms with E-state index in [4.69, 9.17) is 0 Å². The third kappa shape index (κ3) is 6.94. The van der Waals surface area contributed by atoms with Crippen molar-refractivity contribution in [3.8, 4) is 5.69 Å². The second-order valence-corrected chi connectivity index (χ2v) is 12.3. The van der Waals surface area contributed by atoms with Crippen LogP contribution in [0.3, 0.4) is 0 Å². The highest BCUT2D eigenvalue weighted by molar-refractivity contribution is 7.99. The number of thioether (sulfide) groups is 1. The minimum absolute atomic E-state index is 0.0607. The second kappa shape index (κ2) is 13.2. The summed E-state index contributed by atoms with van der Waals surface area (Å²) < 4.78 is 28.6. The molecule has 0 aliphatic heterocycles. The van der Waals surface area contributed by atoms with E-state index in [2.05, 4.69) is 25.8 Å². The molecule has 2 amide bonds. The summed E-state index contributed by atoms with van der Waals surface area (Å²) in [6, 6.07) is 13.6. The number of aromatic nitrogens is 4. The van der Waals surface area contributed by atoms with Crippen molar-refractivity contribution in [2.75, 3.05) is 24.2 Å². The Balaban J connectivity index is 1.48. The molecule has 2 aromatic heterocycles. The largest absolute Gasteiger partial charge is 0.345 e. The van der Waals surface area contributed by atoms with Gasteiger partial charge in [0.05, 0.1) is 17.2 Å². The van der Waals surface area contributed by atoms with E-state index in [1.807, 2.05) is 31.2 Å². The van der Waals surface area contributed by atoms with E-state index >= 15 is 0 Å². The van der Waals surface area contributed by atoms with Crippen LogP contribution in [0, 0.1) is 6.92 Å². The predicted octanol–water partition coefficient (Wildman–Crippen LogP) is 3.72. The molecule has 14 heteroatoms. The average molecular weight is 600 g/mol. The van der Waals surface area contributed by atoms with Crippen LogP contribution in [0.1, 0.15) is 35.6 Å². The third-order valence-corrected chi connectivity index (χ3v) is 9.52. The van der Waals surface area contributed by atoms with Crippen LogP contribution in [0.15, 0.2) is 70.2 Å². The standard InChI is InChI=1S/C26H29N7O4S3/c1-4-32(5-2)40(36,37)21-11-9-19(10-12-21)24(35)28-16-22-30-31-26(33(22)20-8-6-7-18(3)15-20)39-17-23(34)29-25-27-13-14-38-25/h6-15H,4-5,16-17H2,1-3H3,(H,28,35)(H,27,29,34). The summed E-state index contributed by atoms with van der Waals surface area (Å²) in [4.78, 5) is 29.5. The van der Waals surface area contributed by atoms with Gasteiger partial charge in [0, 0.05) is 35.9 Å². The van der Waals surface area contributed by atoms with Crippen molar-refractivity contribution in [2.45, 2.75) is 37.4 Å². The van der Waals surface area contributed by atoms with Crippen LogP contribution in [-0.4, -0.2) is 63.1 Å². The number of nitrogens with zero attached hydrogens (tertiary/aromatic N) is 5. The Kier molecular flexibility index (Phi) is 9.68. The van der Waals surface area contributed by atoms with Gasteiger partial charge in [0.1, 0.15) is 0 Å². The molecule has 0 saturated heterocycles. The van der Waals surface area contributed by atoms with Crippen molar-refractivity contribution >= 4 is 50.1 Å². The summed E-state index contributed by atoms with van der Waals surface area (Å²) in [6.07, 6.45) is 1.62. The fraction of sp³-hybridized carbons (Fsp3) is 0.269. The van der Waals surface area contributed by atoms with Crippen molar-refractivity contribution in [3.63, 3.8) is 0 Å². The van der Waals surface area contributed by atoms with Gasteiger partial charge < -0.3 is 10.6 Å². The summed E-state index contributed by atoms with van der Waals surface area (Å²) in [5.41, 5.74) is 2.13. The summed E-state index contributed by atoms with van der Waals surface area (Å²) in [6.45, 7) is 6.30. The van der Waals surface area contributed by atoms with Crippen LogP contribution in [-0.2, 0) is 21.4 Å². The number of thiazole rings is 1. The first kappa shape index (κ1) is 29.4. The summed E-state index contributed by atoms with van der Waals surface area (Å²) in [5, 5.41) is 16.9. The second-order valence-electron chi connectivity index (χ2n) is 8.54. The topological polar surface area (TPSA) is 139 Å². The van der Waals surface area contributed by atoms with E-state index in [0.717, 1.165) is 11.3 Å². The Morgan fingerprint density at radius 1 is 1.07 bits per heavy atom. The van der Waals surface area contributed by atoms with Gasteiger partial charge in [-0.15, -0.1) is 21.5 Å². The molecule has 0 radical (unpaired) electrons. The SMILES string of the molecule is CCN(CC)S(=O)(=O)c1ccc(C(=O)NCc2nnc(SCC(=O)Nc3nccs3)n2-c2cccc(C)c2)cc1. The molecule has 0 saturated carbocycles. The Morgan fingerprint density at radius 3 is 2.48 bits per heavy atom. The molecule has 4 rings (SSSR count). The van der Waals surface area contributed by atoms with Gasteiger partial charge in [0.2, 0.25) is 15.9 Å². The molecule has 40 heavy (non-hydrogen) atoms. The minimum atomic E-state index is -3.62. The number of anilines is 1. The van der Waals surface area contributed by atoms with Gasteiger partial charge in [-0.05, 0) is 48.9 Å². The molecule has 0 aliphatic carbocycles. The molecular weight excluding hydrogens is 571 g/mol. The predicted molar refractivity (Wildman–Crippen MR) is 155 cm³/mol. The number of rotatable bonds is 12. The lowest BCUT2D eigenvalue weighted by Gasteiger charge is -2.18. The highest BCUT2D eigenvalue weighted by Gasteiger charge is 2.22. The normalized spacial score (nSPS) is 11.5. The van der Waals surface area contributed by atoms with Crippen LogP contribution < -0.4 is 10.6 Å². The molecule has 0 spiro atoms. The lowest BCUT2D eigenvalue weighted by atomic mass is 10.2. The van der Waals surface area contributed by atoms with Crippen LogP contribution in [0.4, 0.5) is 5.13 Å². The van der Waals surface area contributed by atoms with Crippen LogP contribution in [0.5, 0.6) is 0 Å². The number of amides is 2. The number of carbonyl (C=O) groups excluding carboxylic acids is 2. The Morgan fingerprint density at radius 2 is 1.82 bits per heavy atom. The molecule has 4 aromatic rings. The maximum atomic E-state index is 12.9. The number of hydrogen-bond acceptors (Lipinski definition) is 9. The highest BCUT2D eigenvalue weighted by atomic mass is 32.2. The van der Waals surface area contributed by atoms with Gasteiger partial charge >= 0.3 is 0 Å². The number of carbonyl (C=O) groups is 2. The summed E-state index contributed by atoms with van der Waals surface area (Å²) in [7, 11) is -3.62. The molecule has 210 valence electrons. The van der Waals surface area contributed by atoms with Crippen LogP contribution in [0.2, 0.25) is 0 Å². The van der Waals surface area contributed by atoms with Gasteiger partial charge in [-0.1, -0.05) is 37.7 Å².